The fraction of sp³-hybridized carbons (Fsp3) is 1.00. The zero-order valence-electron chi connectivity index (χ0n) is 13.3. The van der Waals surface area contributed by atoms with Crippen molar-refractivity contribution < 1.29 is 13.2 Å². The van der Waals surface area contributed by atoms with Gasteiger partial charge < -0.3 is 10.1 Å². The van der Waals surface area contributed by atoms with Crippen LogP contribution in [0.1, 0.15) is 27.7 Å². The smallest absolute Gasteiger partial charge is 0.209 e. The summed E-state index contributed by atoms with van der Waals surface area (Å²) in [7, 11) is -3.19. The van der Waals surface area contributed by atoms with Crippen molar-refractivity contribution in [2.75, 3.05) is 39.0 Å². The molecule has 0 spiro atoms. The molecule has 7 heteroatoms. The molecule has 1 rings (SSSR count). The summed E-state index contributed by atoms with van der Waals surface area (Å²) >= 11 is 0. The van der Waals surface area contributed by atoms with Gasteiger partial charge in [0, 0.05) is 37.8 Å². The third-order valence-electron chi connectivity index (χ3n) is 3.30. The summed E-state index contributed by atoms with van der Waals surface area (Å²) < 4.78 is 30.9. The molecule has 0 aromatic heterocycles. The summed E-state index contributed by atoms with van der Waals surface area (Å²) in [5.41, 5.74) is -0.500. The molecule has 6 nitrogen and oxygen atoms in total. The van der Waals surface area contributed by atoms with Crippen LogP contribution in [0.4, 0.5) is 0 Å². The molecule has 0 amide bonds. The van der Waals surface area contributed by atoms with Crippen molar-refractivity contribution in [2.24, 2.45) is 0 Å². The number of rotatable bonds is 7. The highest BCUT2D eigenvalue weighted by Crippen LogP contribution is 2.08. The van der Waals surface area contributed by atoms with Gasteiger partial charge in [0.05, 0.1) is 19.0 Å². The number of hydrogen-bond donors (Lipinski definition) is 2. The third kappa shape index (κ3) is 6.99. The lowest BCUT2D eigenvalue weighted by molar-refractivity contribution is -0.0374. The summed E-state index contributed by atoms with van der Waals surface area (Å²) in [5, 5.41) is 3.30. The van der Waals surface area contributed by atoms with Crippen molar-refractivity contribution in [3.63, 3.8) is 0 Å². The van der Waals surface area contributed by atoms with Crippen LogP contribution in [0.25, 0.3) is 0 Å². The molecular weight excluding hydrogens is 278 g/mol. The predicted molar refractivity (Wildman–Crippen MR) is 81.4 cm³/mol. The van der Waals surface area contributed by atoms with Gasteiger partial charge in [0.15, 0.2) is 0 Å². The van der Waals surface area contributed by atoms with Crippen molar-refractivity contribution in [3.8, 4) is 0 Å². The minimum absolute atomic E-state index is 0.167. The van der Waals surface area contributed by atoms with E-state index in [1.165, 1.54) is 6.26 Å². The van der Waals surface area contributed by atoms with Crippen molar-refractivity contribution in [1.29, 1.82) is 0 Å². The minimum atomic E-state index is -3.19. The first-order chi connectivity index (χ1) is 9.09. The van der Waals surface area contributed by atoms with E-state index < -0.39 is 15.6 Å². The van der Waals surface area contributed by atoms with Gasteiger partial charge in [-0.3, -0.25) is 4.90 Å². The van der Waals surface area contributed by atoms with Gasteiger partial charge in [-0.25, -0.2) is 13.1 Å². The minimum Gasteiger partial charge on any atom is -0.374 e. The second-order valence-electron chi connectivity index (χ2n) is 6.47. The molecule has 1 aliphatic heterocycles. The van der Waals surface area contributed by atoms with E-state index in [0.29, 0.717) is 12.6 Å². The van der Waals surface area contributed by atoms with Crippen molar-refractivity contribution in [1.82, 2.24) is 14.9 Å². The number of sulfonamides is 1. The highest BCUT2D eigenvalue weighted by molar-refractivity contribution is 7.88. The number of ether oxygens (including phenoxy) is 1. The maximum Gasteiger partial charge on any atom is 0.209 e. The Labute approximate surface area is 123 Å². The monoisotopic (exact) mass is 307 g/mol. The van der Waals surface area contributed by atoms with E-state index in [1.807, 2.05) is 13.8 Å². The quantitative estimate of drug-likeness (QED) is 0.693. The molecule has 120 valence electrons. The fourth-order valence-corrected chi connectivity index (χ4v) is 3.49. The van der Waals surface area contributed by atoms with E-state index in [4.69, 9.17) is 4.74 Å². The lowest BCUT2D eigenvalue weighted by atomic mass is 10.1. The Balaban J connectivity index is 2.33. The molecule has 0 aliphatic carbocycles. The summed E-state index contributed by atoms with van der Waals surface area (Å²) in [4.78, 5) is 2.40. The van der Waals surface area contributed by atoms with E-state index in [2.05, 4.69) is 28.8 Å². The molecule has 1 heterocycles. The van der Waals surface area contributed by atoms with Crippen LogP contribution in [0, 0.1) is 0 Å². The van der Waals surface area contributed by atoms with Crippen LogP contribution in [-0.4, -0.2) is 70.0 Å². The maximum absolute atomic E-state index is 11.3. The van der Waals surface area contributed by atoms with E-state index in [-0.39, 0.29) is 6.10 Å². The lowest BCUT2D eigenvalue weighted by Crippen LogP contribution is -2.53. The Morgan fingerprint density at radius 3 is 2.60 bits per heavy atom. The average Bonchev–Trinajstić information content (AvgIpc) is 2.25. The standard InChI is InChI=1S/C13H29N3O3S/c1-11(2)16-6-7-19-12(9-16)8-14-10-13(3,4)15-20(5,17)18/h11-12,14-15H,6-10H2,1-5H3. The Bertz CT molecular complexity index is 396. The van der Waals surface area contributed by atoms with Gasteiger partial charge in [-0.15, -0.1) is 0 Å². The molecule has 0 aromatic carbocycles. The van der Waals surface area contributed by atoms with Gasteiger partial charge in [0.1, 0.15) is 0 Å². The van der Waals surface area contributed by atoms with Crippen LogP contribution in [0.5, 0.6) is 0 Å². The van der Waals surface area contributed by atoms with Crippen LogP contribution in [0.3, 0.4) is 0 Å². The number of nitrogens with one attached hydrogen (secondary N) is 2. The Morgan fingerprint density at radius 2 is 2.05 bits per heavy atom. The second-order valence-corrected chi connectivity index (χ2v) is 8.22. The molecular formula is C13H29N3O3S. The van der Waals surface area contributed by atoms with Gasteiger partial charge in [0.25, 0.3) is 0 Å². The second kappa shape index (κ2) is 7.17. The number of hydrogen-bond acceptors (Lipinski definition) is 5. The first kappa shape index (κ1) is 17.8. The lowest BCUT2D eigenvalue weighted by Gasteiger charge is -2.36. The van der Waals surface area contributed by atoms with Gasteiger partial charge in [-0.05, 0) is 27.7 Å². The number of morpholine rings is 1. The third-order valence-corrected chi connectivity index (χ3v) is 4.22. The first-order valence-corrected chi connectivity index (χ1v) is 9.03. The first-order valence-electron chi connectivity index (χ1n) is 7.14. The summed E-state index contributed by atoms with van der Waals surface area (Å²) in [6.45, 7) is 12.1. The molecule has 0 saturated carbocycles. The number of nitrogens with zero attached hydrogens (tertiary/aromatic N) is 1. The Kier molecular flexibility index (Phi) is 6.40. The van der Waals surface area contributed by atoms with E-state index in [1.54, 1.807) is 0 Å². The summed E-state index contributed by atoms with van der Waals surface area (Å²) in [5.74, 6) is 0. The highest BCUT2D eigenvalue weighted by atomic mass is 32.2. The normalized spacial score (nSPS) is 22.4. The summed E-state index contributed by atoms with van der Waals surface area (Å²) in [6, 6.07) is 0.532. The van der Waals surface area contributed by atoms with Gasteiger partial charge in [-0.2, -0.15) is 0 Å². The molecule has 1 unspecified atom stereocenters. The SMILES string of the molecule is CC(C)N1CCOC(CNCC(C)(C)NS(C)(=O)=O)C1. The molecule has 20 heavy (non-hydrogen) atoms. The molecule has 1 aliphatic rings. The van der Waals surface area contributed by atoms with E-state index >= 15 is 0 Å². The highest BCUT2D eigenvalue weighted by Gasteiger charge is 2.24. The molecule has 0 bridgehead atoms. The van der Waals surface area contributed by atoms with Gasteiger partial charge in [-0.1, -0.05) is 0 Å². The average molecular weight is 307 g/mol. The Hall–Kier alpha value is -0.210. The maximum atomic E-state index is 11.3. The molecule has 1 atom stereocenters. The predicted octanol–water partition coefficient (Wildman–Crippen LogP) is 0.0130. The van der Waals surface area contributed by atoms with E-state index in [9.17, 15) is 8.42 Å². The van der Waals surface area contributed by atoms with Crippen LogP contribution >= 0.6 is 0 Å². The zero-order chi connectivity index (χ0) is 15.4. The molecule has 2 N–H and O–H groups in total. The van der Waals surface area contributed by atoms with Gasteiger partial charge in [0.2, 0.25) is 10.0 Å². The zero-order valence-corrected chi connectivity index (χ0v) is 14.1. The van der Waals surface area contributed by atoms with Crippen LogP contribution in [0.15, 0.2) is 0 Å². The van der Waals surface area contributed by atoms with Crippen molar-refractivity contribution in [3.05, 3.63) is 0 Å². The molecule has 1 fully saturated rings. The largest absolute Gasteiger partial charge is 0.374 e. The Morgan fingerprint density at radius 1 is 1.40 bits per heavy atom. The van der Waals surface area contributed by atoms with Crippen molar-refractivity contribution in [2.45, 2.75) is 45.4 Å². The van der Waals surface area contributed by atoms with Crippen LogP contribution in [-0.2, 0) is 14.8 Å². The van der Waals surface area contributed by atoms with Crippen molar-refractivity contribution >= 4 is 10.0 Å². The fourth-order valence-electron chi connectivity index (χ4n) is 2.42. The molecule has 0 radical (unpaired) electrons. The van der Waals surface area contributed by atoms with E-state index in [0.717, 1.165) is 26.2 Å². The molecule has 1 saturated heterocycles. The molecule has 0 aromatic rings. The summed E-state index contributed by atoms with van der Waals surface area (Å²) in [6.07, 6.45) is 1.35. The van der Waals surface area contributed by atoms with Crippen LogP contribution in [0.2, 0.25) is 0 Å². The topological polar surface area (TPSA) is 70.7 Å². The van der Waals surface area contributed by atoms with Crippen LogP contribution < -0.4 is 10.0 Å². The van der Waals surface area contributed by atoms with Gasteiger partial charge >= 0.3 is 0 Å².